The van der Waals surface area contributed by atoms with Crippen molar-refractivity contribution in [3.05, 3.63) is 34.3 Å². The van der Waals surface area contributed by atoms with E-state index in [1.807, 2.05) is 0 Å². The fourth-order valence-corrected chi connectivity index (χ4v) is 2.78. The van der Waals surface area contributed by atoms with Crippen LogP contribution in [0.25, 0.3) is 0 Å². The summed E-state index contributed by atoms with van der Waals surface area (Å²) in [5.74, 6) is 0. The van der Waals surface area contributed by atoms with Gasteiger partial charge in [-0.25, -0.2) is 0 Å². The Morgan fingerprint density at radius 1 is 1.22 bits per heavy atom. The molecule has 0 bridgehead atoms. The Balaban J connectivity index is 2.50. The molecule has 0 spiro atoms. The molecule has 0 fully saturated rings. The van der Waals surface area contributed by atoms with E-state index in [2.05, 4.69) is 73.2 Å². The molecule has 1 aromatic carbocycles. The number of benzene rings is 1. The van der Waals surface area contributed by atoms with Crippen molar-refractivity contribution < 1.29 is 0 Å². The van der Waals surface area contributed by atoms with Gasteiger partial charge in [-0.1, -0.05) is 48.8 Å². The third-order valence-electron chi connectivity index (χ3n) is 3.20. The topological polar surface area (TPSA) is 12.0 Å². The van der Waals surface area contributed by atoms with Crippen molar-refractivity contribution in [3.8, 4) is 0 Å². The van der Waals surface area contributed by atoms with Crippen molar-refractivity contribution >= 4 is 15.9 Å². The van der Waals surface area contributed by atoms with Gasteiger partial charge < -0.3 is 5.32 Å². The van der Waals surface area contributed by atoms with Crippen molar-refractivity contribution in [1.29, 1.82) is 0 Å². The average molecular weight is 312 g/mol. The van der Waals surface area contributed by atoms with Gasteiger partial charge in [-0.15, -0.1) is 0 Å². The van der Waals surface area contributed by atoms with E-state index in [1.165, 1.54) is 18.4 Å². The van der Waals surface area contributed by atoms with Gasteiger partial charge in [-0.05, 0) is 55.8 Å². The van der Waals surface area contributed by atoms with E-state index in [0.717, 1.165) is 17.4 Å². The average Bonchev–Trinajstić information content (AvgIpc) is 2.28. The molecule has 1 unspecified atom stereocenters. The molecule has 1 rings (SSSR count). The zero-order chi connectivity index (χ0) is 13.6. The highest BCUT2D eigenvalue weighted by atomic mass is 79.9. The van der Waals surface area contributed by atoms with Crippen LogP contribution < -0.4 is 5.32 Å². The Morgan fingerprint density at radius 3 is 2.39 bits per heavy atom. The van der Waals surface area contributed by atoms with E-state index < -0.39 is 0 Å². The first-order valence-corrected chi connectivity index (χ1v) is 7.70. The standard InChI is InChI=1S/C16H26BrN/c1-5-10-18-13(2)11-16(3,4)12-14-6-8-15(17)9-7-14/h6-9,13,18H,5,10-12H2,1-4H3. The highest BCUT2D eigenvalue weighted by Gasteiger charge is 2.21. The summed E-state index contributed by atoms with van der Waals surface area (Å²) < 4.78 is 1.15. The summed E-state index contributed by atoms with van der Waals surface area (Å²) in [5.41, 5.74) is 1.76. The number of halogens is 1. The maximum absolute atomic E-state index is 3.58. The molecule has 1 N–H and O–H groups in total. The molecule has 18 heavy (non-hydrogen) atoms. The van der Waals surface area contributed by atoms with Gasteiger partial charge >= 0.3 is 0 Å². The lowest BCUT2D eigenvalue weighted by molar-refractivity contribution is 0.287. The first-order valence-electron chi connectivity index (χ1n) is 6.91. The first kappa shape index (κ1) is 15.7. The molecule has 0 amide bonds. The molecule has 0 aliphatic heterocycles. The lowest BCUT2D eigenvalue weighted by atomic mass is 9.80. The van der Waals surface area contributed by atoms with Gasteiger partial charge in [0.25, 0.3) is 0 Å². The molecule has 0 aliphatic carbocycles. The normalized spacial score (nSPS) is 13.6. The van der Waals surface area contributed by atoms with Crippen LogP contribution in [0.1, 0.15) is 46.1 Å². The van der Waals surface area contributed by atoms with E-state index in [-0.39, 0.29) is 0 Å². The van der Waals surface area contributed by atoms with Crippen molar-refractivity contribution in [2.75, 3.05) is 6.54 Å². The molecule has 1 atom stereocenters. The Hall–Kier alpha value is -0.340. The second-order valence-electron chi connectivity index (χ2n) is 6.03. The fraction of sp³-hybridized carbons (Fsp3) is 0.625. The zero-order valence-corrected chi connectivity index (χ0v) is 13.7. The maximum Gasteiger partial charge on any atom is 0.0175 e. The predicted octanol–water partition coefficient (Wildman–Crippen LogP) is 4.80. The van der Waals surface area contributed by atoms with Gasteiger partial charge in [0.1, 0.15) is 0 Å². The summed E-state index contributed by atoms with van der Waals surface area (Å²) in [5, 5.41) is 3.58. The predicted molar refractivity (Wildman–Crippen MR) is 84.0 cm³/mol. The molecular weight excluding hydrogens is 286 g/mol. The molecule has 0 radical (unpaired) electrons. The fourth-order valence-electron chi connectivity index (χ4n) is 2.52. The third kappa shape index (κ3) is 6.01. The Morgan fingerprint density at radius 2 is 1.83 bits per heavy atom. The van der Waals surface area contributed by atoms with E-state index in [4.69, 9.17) is 0 Å². The number of hydrogen-bond acceptors (Lipinski definition) is 1. The lowest BCUT2D eigenvalue weighted by Gasteiger charge is -2.29. The number of rotatable bonds is 7. The summed E-state index contributed by atoms with van der Waals surface area (Å²) in [4.78, 5) is 0. The van der Waals surface area contributed by atoms with Gasteiger partial charge in [0.2, 0.25) is 0 Å². The van der Waals surface area contributed by atoms with Gasteiger partial charge in [0.05, 0.1) is 0 Å². The van der Waals surface area contributed by atoms with Gasteiger partial charge in [-0.3, -0.25) is 0 Å². The second kappa shape index (κ2) is 7.30. The maximum atomic E-state index is 3.58. The molecule has 102 valence electrons. The summed E-state index contributed by atoms with van der Waals surface area (Å²) in [6.07, 6.45) is 3.55. The Labute approximate surface area is 120 Å². The highest BCUT2D eigenvalue weighted by Crippen LogP contribution is 2.28. The van der Waals surface area contributed by atoms with Gasteiger partial charge in [-0.2, -0.15) is 0 Å². The minimum absolute atomic E-state index is 0.341. The van der Waals surface area contributed by atoms with Crippen molar-refractivity contribution in [1.82, 2.24) is 5.32 Å². The van der Waals surface area contributed by atoms with Crippen LogP contribution in [0, 0.1) is 5.41 Å². The van der Waals surface area contributed by atoms with E-state index in [0.29, 0.717) is 11.5 Å². The highest BCUT2D eigenvalue weighted by molar-refractivity contribution is 9.10. The quantitative estimate of drug-likeness (QED) is 0.763. The van der Waals surface area contributed by atoms with E-state index in [1.54, 1.807) is 0 Å². The number of hydrogen-bond donors (Lipinski definition) is 1. The molecule has 1 aromatic rings. The molecule has 0 aliphatic rings. The third-order valence-corrected chi connectivity index (χ3v) is 3.73. The van der Waals surface area contributed by atoms with Gasteiger partial charge in [0, 0.05) is 10.5 Å². The Kier molecular flexibility index (Phi) is 6.37. The largest absolute Gasteiger partial charge is 0.314 e. The summed E-state index contributed by atoms with van der Waals surface area (Å²) in [6, 6.07) is 9.29. The summed E-state index contributed by atoms with van der Waals surface area (Å²) >= 11 is 3.48. The SMILES string of the molecule is CCCNC(C)CC(C)(C)Cc1ccc(Br)cc1. The molecule has 1 nitrogen and oxygen atoms in total. The van der Waals surface area contributed by atoms with E-state index >= 15 is 0 Å². The lowest BCUT2D eigenvalue weighted by Crippen LogP contribution is -2.32. The smallest absolute Gasteiger partial charge is 0.0175 e. The van der Waals surface area contributed by atoms with Gasteiger partial charge in [0.15, 0.2) is 0 Å². The summed E-state index contributed by atoms with van der Waals surface area (Å²) in [7, 11) is 0. The Bertz CT molecular complexity index is 343. The van der Waals surface area contributed by atoms with Crippen LogP contribution in [0.5, 0.6) is 0 Å². The van der Waals surface area contributed by atoms with Crippen molar-refractivity contribution in [2.45, 2.75) is 53.0 Å². The van der Waals surface area contributed by atoms with Crippen LogP contribution in [-0.2, 0) is 6.42 Å². The molecule has 0 aromatic heterocycles. The van der Waals surface area contributed by atoms with Crippen LogP contribution in [0.3, 0.4) is 0 Å². The van der Waals surface area contributed by atoms with Crippen LogP contribution >= 0.6 is 15.9 Å². The number of nitrogens with one attached hydrogen (secondary N) is 1. The van der Waals surface area contributed by atoms with E-state index in [9.17, 15) is 0 Å². The molecule has 0 saturated carbocycles. The minimum atomic E-state index is 0.341. The van der Waals surface area contributed by atoms with Crippen LogP contribution in [-0.4, -0.2) is 12.6 Å². The van der Waals surface area contributed by atoms with Crippen LogP contribution in [0.4, 0.5) is 0 Å². The zero-order valence-electron chi connectivity index (χ0n) is 12.1. The second-order valence-corrected chi connectivity index (χ2v) is 6.94. The molecule has 0 saturated heterocycles. The van der Waals surface area contributed by atoms with Crippen LogP contribution in [0.15, 0.2) is 28.7 Å². The minimum Gasteiger partial charge on any atom is -0.314 e. The molecule has 0 heterocycles. The summed E-state index contributed by atoms with van der Waals surface area (Å²) in [6.45, 7) is 10.3. The van der Waals surface area contributed by atoms with Crippen molar-refractivity contribution in [2.24, 2.45) is 5.41 Å². The first-order chi connectivity index (χ1) is 8.43. The van der Waals surface area contributed by atoms with Crippen molar-refractivity contribution in [3.63, 3.8) is 0 Å². The molecular formula is C16H26BrN. The monoisotopic (exact) mass is 311 g/mol. The van der Waals surface area contributed by atoms with Crippen LogP contribution in [0.2, 0.25) is 0 Å². The molecule has 2 heteroatoms.